The third kappa shape index (κ3) is 4.34. The predicted molar refractivity (Wildman–Crippen MR) is 112 cm³/mol. The van der Waals surface area contributed by atoms with E-state index in [1.165, 1.54) is 5.69 Å². The van der Waals surface area contributed by atoms with Gasteiger partial charge < -0.3 is 14.5 Å². The van der Waals surface area contributed by atoms with Crippen LogP contribution >= 0.6 is 0 Å². The van der Waals surface area contributed by atoms with Crippen molar-refractivity contribution in [2.45, 2.75) is 6.61 Å². The van der Waals surface area contributed by atoms with Gasteiger partial charge in [-0.05, 0) is 42.0 Å². The van der Waals surface area contributed by atoms with E-state index < -0.39 is 0 Å². The van der Waals surface area contributed by atoms with Crippen LogP contribution in [0.5, 0.6) is 5.75 Å². The number of nitrogens with zero attached hydrogens (tertiary/aromatic N) is 2. The summed E-state index contributed by atoms with van der Waals surface area (Å²) in [5.41, 5.74) is 3.05. The molecule has 4 rings (SSSR count). The minimum Gasteiger partial charge on any atom is -0.489 e. The van der Waals surface area contributed by atoms with E-state index in [0.29, 0.717) is 12.2 Å². The Morgan fingerprint density at radius 1 is 0.750 bits per heavy atom. The largest absolute Gasteiger partial charge is 0.489 e. The van der Waals surface area contributed by atoms with Crippen molar-refractivity contribution in [1.29, 1.82) is 0 Å². The average Bonchev–Trinajstić information content (AvgIpc) is 2.79. The highest BCUT2D eigenvalue weighted by Gasteiger charge is 2.22. The number of carbonyl (C=O) groups is 1. The van der Waals surface area contributed by atoms with Gasteiger partial charge in [0.15, 0.2) is 0 Å². The van der Waals surface area contributed by atoms with Crippen molar-refractivity contribution in [3.05, 3.63) is 96.1 Å². The first-order valence-electron chi connectivity index (χ1n) is 9.66. The van der Waals surface area contributed by atoms with E-state index in [1.54, 1.807) is 0 Å². The maximum absolute atomic E-state index is 12.8. The lowest BCUT2D eigenvalue weighted by atomic mass is 10.1. The van der Waals surface area contributed by atoms with Gasteiger partial charge >= 0.3 is 0 Å². The monoisotopic (exact) mass is 372 g/mol. The van der Waals surface area contributed by atoms with E-state index in [-0.39, 0.29) is 5.91 Å². The number of para-hydroxylation sites is 1. The van der Waals surface area contributed by atoms with Crippen molar-refractivity contribution < 1.29 is 9.53 Å². The van der Waals surface area contributed by atoms with Crippen LogP contribution in [0.25, 0.3) is 0 Å². The summed E-state index contributed by atoms with van der Waals surface area (Å²) in [5.74, 6) is 0.858. The van der Waals surface area contributed by atoms with Gasteiger partial charge in [-0.15, -0.1) is 0 Å². The lowest BCUT2D eigenvalue weighted by Crippen LogP contribution is -2.48. The van der Waals surface area contributed by atoms with E-state index in [4.69, 9.17) is 4.74 Å². The fourth-order valence-corrected chi connectivity index (χ4v) is 3.42. The molecule has 0 aliphatic carbocycles. The lowest BCUT2D eigenvalue weighted by molar-refractivity contribution is 0.0746. The normalized spacial score (nSPS) is 14.0. The third-order valence-corrected chi connectivity index (χ3v) is 5.04. The Hall–Kier alpha value is -3.27. The van der Waals surface area contributed by atoms with Crippen molar-refractivity contribution in [2.24, 2.45) is 0 Å². The number of hydrogen-bond donors (Lipinski definition) is 0. The smallest absolute Gasteiger partial charge is 0.253 e. The molecule has 1 amide bonds. The van der Waals surface area contributed by atoms with Gasteiger partial charge in [-0.25, -0.2) is 0 Å². The molecule has 1 aliphatic heterocycles. The summed E-state index contributed by atoms with van der Waals surface area (Å²) in [5, 5.41) is 0. The molecule has 142 valence electrons. The molecule has 0 aromatic heterocycles. The second kappa shape index (κ2) is 8.61. The van der Waals surface area contributed by atoms with Crippen molar-refractivity contribution in [2.75, 3.05) is 31.1 Å². The summed E-state index contributed by atoms with van der Waals surface area (Å²) in [6.45, 7) is 3.71. The van der Waals surface area contributed by atoms with Crippen LogP contribution in [0, 0.1) is 0 Å². The number of anilines is 1. The molecule has 4 heteroatoms. The van der Waals surface area contributed by atoms with E-state index >= 15 is 0 Å². The first-order valence-corrected chi connectivity index (χ1v) is 9.66. The molecule has 1 saturated heterocycles. The average molecular weight is 372 g/mol. The SMILES string of the molecule is O=C(c1ccc(OCc2ccccc2)cc1)N1CCN(c2ccccc2)CC1. The Morgan fingerprint density at radius 3 is 2.00 bits per heavy atom. The molecule has 0 radical (unpaired) electrons. The molecule has 0 saturated carbocycles. The quantitative estimate of drug-likeness (QED) is 0.672. The van der Waals surface area contributed by atoms with Crippen LogP contribution in [0.4, 0.5) is 5.69 Å². The van der Waals surface area contributed by atoms with Crippen molar-refractivity contribution in [3.63, 3.8) is 0 Å². The molecule has 28 heavy (non-hydrogen) atoms. The molecule has 0 atom stereocenters. The van der Waals surface area contributed by atoms with Crippen molar-refractivity contribution >= 4 is 11.6 Å². The molecular formula is C24H24N2O2. The molecule has 1 fully saturated rings. The van der Waals surface area contributed by atoms with Crippen LogP contribution in [0.1, 0.15) is 15.9 Å². The minimum atomic E-state index is 0.0855. The number of ether oxygens (including phenoxy) is 1. The molecule has 0 spiro atoms. The number of benzene rings is 3. The summed E-state index contributed by atoms with van der Waals surface area (Å²) in [6.07, 6.45) is 0. The lowest BCUT2D eigenvalue weighted by Gasteiger charge is -2.36. The number of amides is 1. The van der Waals surface area contributed by atoms with Gasteiger partial charge in [0.05, 0.1) is 0 Å². The summed E-state index contributed by atoms with van der Waals surface area (Å²) in [7, 11) is 0. The van der Waals surface area contributed by atoms with Crippen LogP contribution in [0.15, 0.2) is 84.9 Å². The maximum Gasteiger partial charge on any atom is 0.253 e. The summed E-state index contributed by atoms with van der Waals surface area (Å²) < 4.78 is 5.80. The Bertz CT molecular complexity index is 887. The topological polar surface area (TPSA) is 32.8 Å². The Morgan fingerprint density at radius 2 is 1.36 bits per heavy atom. The van der Waals surface area contributed by atoms with Crippen LogP contribution in [-0.2, 0) is 6.61 Å². The second-order valence-electron chi connectivity index (χ2n) is 6.91. The molecule has 3 aromatic carbocycles. The zero-order chi connectivity index (χ0) is 19.2. The van der Waals surface area contributed by atoms with E-state index in [1.807, 2.05) is 77.7 Å². The minimum absolute atomic E-state index is 0.0855. The van der Waals surface area contributed by atoms with Crippen LogP contribution in [0.2, 0.25) is 0 Å². The van der Waals surface area contributed by atoms with Gasteiger partial charge in [0.2, 0.25) is 0 Å². The Labute approximate surface area is 166 Å². The van der Waals surface area contributed by atoms with Gasteiger partial charge in [0.1, 0.15) is 12.4 Å². The molecule has 0 unspecified atom stereocenters. The molecule has 0 bridgehead atoms. The Balaban J connectivity index is 1.31. The number of piperazine rings is 1. The molecule has 3 aromatic rings. The van der Waals surface area contributed by atoms with E-state index in [0.717, 1.165) is 37.5 Å². The summed E-state index contributed by atoms with van der Waals surface area (Å²) in [4.78, 5) is 17.1. The highest BCUT2D eigenvalue weighted by molar-refractivity contribution is 5.94. The fourth-order valence-electron chi connectivity index (χ4n) is 3.42. The highest BCUT2D eigenvalue weighted by atomic mass is 16.5. The highest BCUT2D eigenvalue weighted by Crippen LogP contribution is 2.19. The van der Waals surface area contributed by atoms with Crippen LogP contribution in [0.3, 0.4) is 0 Å². The zero-order valence-electron chi connectivity index (χ0n) is 15.8. The van der Waals surface area contributed by atoms with Gasteiger partial charge in [0.25, 0.3) is 5.91 Å². The van der Waals surface area contributed by atoms with E-state index in [2.05, 4.69) is 17.0 Å². The van der Waals surface area contributed by atoms with Crippen molar-refractivity contribution in [1.82, 2.24) is 4.90 Å². The van der Waals surface area contributed by atoms with Gasteiger partial charge in [-0.2, -0.15) is 0 Å². The number of rotatable bonds is 5. The molecular weight excluding hydrogens is 348 g/mol. The molecule has 1 aliphatic rings. The van der Waals surface area contributed by atoms with Crippen molar-refractivity contribution in [3.8, 4) is 5.75 Å². The molecule has 4 nitrogen and oxygen atoms in total. The first kappa shape index (κ1) is 18.1. The van der Waals surface area contributed by atoms with Gasteiger partial charge in [-0.1, -0.05) is 48.5 Å². The predicted octanol–water partition coefficient (Wildman–Crippen LogP) is 4.23. The fraction of sp³-hybridized carbons (Fsp3) is 0.208. The van der Waals surface area contributed by atoms with Crippen LogP contribution < -0.4 is 9.64 Å². The zero-order valence-corrected chi connectivity index (χ0v) is 15.8. The Kier molecular flexibility index (Phi) is 5.57. The number of carbonyl (C=O) groups excluding carboxylic acids is 1. The van der Waals surface area contributed by atoms with E-state index in [9.17, 15) is 4.79 Å². The molecule has 1 heterocycles. The second-order valence-corrected chi connectivity index (χ2v) is 6.91. The summed E-state index contributed by atoms with van der Waals surface area (Å²) in [6, 6.07) is 27.9. The first-order chi connectivity index (χ1) is 13.8. The standard InChI is InChI=1S/C24H24N2O2/c27-24(26-17-15-25(16-18-26)22-9-5-2-6-10-22)21-11-13-23(14-12-21)28-19-20-7-3-1-4-8-20/h1-14H,15-19H2. The number of hydrogen-bond acceptors (Lipinski definition) is 3. The molecule has 0 N–H and O–H groups in total. The van der Waals surface area contributed by atoms with Crippen LogP contribution in [-0.4, -0.2) is 37.0 Å². The summed E-state index contributed by atoms with van der Waals surface area (Å²) >= 11 is 0. The third-order valence-electron chi connectivity index (χ3n) is 5.04. The van der Waals surface area contributed by atoms with Gasteiger partial charge in [0, 0.05) is 37.4 Å². The maximum atomic E-state index is 12.8. The van der Waals surface area contributed by atoms with Gasteiger partial charge in [-0.3, -0.25) is 4.79 Å².